The summed E-state index contributed by atoms with van der Waals surface area (Å²) >= 11 is 0. The SMILES string of the molecule is Cn1ncc2c(=O)n(CC(=O)N3CCCC3)cnc21. The minimum Gasteiger partial charge on any atom is -0.341 e. The summed E-state index contributed by atoms with van der Waals surface area (Å²) in [6.07, 6.45) is 4.99. The normalized spacial score (nSPS) is 15.3. The van der Waals surface area contributed by atoms with Gasteiger partial charge in [0.25, 0.3) is 5.56 Å². The van der Waals surface area contributed by atoms with Crippen molar-refractivity contribution >= 4 is 16.9 Å². The maximum absolute atomic E-state index is 12.2. The zero-order chi connectivity index (χ0) is 13.4. The van der Waals surface area contributed by atoms with Gasteiger partial charge in [0.1, 0.15) is 18.3 Å². The monoisotopic (exact) mass is 261 g/mol. The molecule has 1 aliphatic rings. The Balaban J connectivity index is 1.90. The third-order valence-corrected chi connectivity index (χ3v) is 3.48. The minimum absolute atomic E-state index is 0.0235. The summed E-state index contributed by atoms with van der Waals surface area (Å²) in [5, 5.41) is 4.44. The van der Waals surface area contributed by atoms with Crippen LogP contribution in [-0.4, -0.2) is 43.2 Å². The lowest BCUT2D eigenvalue weighted by molar-refractivity contribution is -0.130. The standard InChI is InChI=1S/C12H15N5O2/c1-15-11-9(6-14-15)12(19)17(8-13-11)7-10(18)16-4-2-3-5-16/h6,8H,2-5,7H2,1H3. The van der Waals surface area contributed by atoms with E-state index in [9.17, 15) is 9.59 Å². The number of carbonyl (C=O) groups excluding carboxylic acids is 1. The van der Waals surface area contributed by atoms with E-state index in [1.165, 1.54) is 17.1 Å². The van der Waals surface area contributed by atoms with Crippen LogP contribution in [-0.2, 0) is 18.4 Å². The Morgan fingerprint density at radius 2 is 2.11 bits per heavy atom. The molecule has 100 valence electrons. The molecule has 1 amide bonds. The molecular formula is C12H15N5O2. The summed E-state index contributed by atoms with van der Waals surface area (Å²) in [5.74, 6) is -0.0235. The zero-order valence-corrected chi connectivity index (χ0v) is 10.7. The molecule has 3 heterocycles. The van der Waals surface area contributed by atoms with E-state index in [0.29, 0.717) is 11.0 Å². The summed E-state index contributed by atoms with van der Waals surface area (Å²) in [5.41, 5.74) is 0.320. The van der Waals surface area contributed by atoms with E-state index in [1.54, 1.807) is 16.6 Å². The summed E-state index contributed by atoms with van der Waals surface area (Å²) in [6.45, 7) is 1.63. The maximum atomic E-state index is 12.2. The fraction of sp³-hybridized carbons (Fsp3) is 0.500. The quantitative estimate of drug-likeness (QED) is 0.747. The van der Waals surface area contributed by atoms with Gasteiger partial charge in [-0.15, -0.1) is 0 Å². The van der Waals surface area contributed by atoms with E-state index in [1.807, 2.05) is 0 Å². The topological polar surface area (TPSA) is 73.0 Å². The first-order chi connectivity index (χ1) is 9.16. The average Bonchev–Trinajstić information content (AvgIpc) is 3.03. The van der Waals surface area contributed by atoms with E-state index in [0.717, 1.165) is 25.9 Å². The molecule has 3 rings (SSSR count). The third kappa shape index (κ3) is 2.00. The maximum Gasteiger partial charge on any atom is 0.264 e. The predicted octanol–water partition coefficient (Wildman–Crippen LogP) is -0.248. The van der Waals surface area contributed by atoms with Gasteiger partial charge in [0.2, 0.25) is 5.91 Å². The zero-order valence-electron chi connectivity index (χ0n) is 10.7. The van der Waals surface area contributed by atoms with E-state index in [-0.39, 0.29) is 18.0 Å². The van der Waals surface area contributed by atoms with Gasteiger partial charge in [0.05, 0.1) is 6.20 Å². The van der Waals surface area contributed by atoms with Crippen molar-refractivity contribution in [3.05, 3.63) is 22.9 Å². The Bertz CT molecular complexity index is 681. The second-order valence-corrected chi connectivity index (χ2v) is 4.77. The molecule has 2 aromatic heterocycles. The van der Waals surface area contributed by atoms with Crippen LogP contribution < -0.4 is 5.56 Å². The summed E-state index contributed by atoms with van der Waals surface area (Å²) < 4.78 is 2.90. The second kappa shape index (κ2) is 4.49. The molecular weight excluding hydrogens is 246 g/mol. The van der Waals surface area contributed by atoms with E-state index < -0.39 is 0 Å². The predicted molar refractivity (Wildman–Crippen MR) is 68.6 cm³/mol. The van der Waals surface area contributed by atoms with Gasteiger partial charge < -0.3 is 4.90 Å². The smallest absolute Gasteiger partial charge is 0.264 e. The average molecular weight is 261 g/mol. The van der Waals surface area contributed by atoms with Crippen molar-refractivity contribution in [2.24, 2.45) is 7.05 Å². The molecule has 1 fully saturated rings. The summed E-state index contributed by atoms with van der Waals surface area (Å²) in [7, 11) is 1.73. The van der Waals surface area contributed by atoms with Crippen molar-refractivity contribution < 1.29 is 4.79 Å². The fourth-order valence-electron chi connectivity index (χ4n) is 2.39. The number of likely N-dealkylation sites (tertiary alicyclic amines) is 1. The first-order valence-electron chi connectivity index (χ1n) is 6.32. The van der Waals surface area contributed by atoms with Crippen LogP contribution in [0.3, 0.4) is 0 Å². The molecule has 0 bridgehead atoms. The molecule has 1 saturated heterocycles. The Labute approximate surface area is 109 Å². The Morgan fingerprint density at radius 3 is 2.84 bits per heavy atom. The van der Waals surface area contributed by atoms with Crippen LogP contribution in [0.1, 0.15) is 12.8 Å². The molecule has 0 atom stereocenters. The van der Waals surface area contributed by atoms with Crippen molar-refractivity contribution in [2.75, 3.05) is 13.1 Å². The number of amides is 1. The van der Waals surface area contributed by atoms with Gasteiger partial charge in [0, 0.05) is 20.1 Å². The molecule has 7 nitrogen and oxygen atoms in total. The lowest BCUT2D eigenvalue weighted by atomic mass is 10.4. The molecule has 0 spiro atoms. The summed E-state index contributed by atoms with van der Waals surface area (Å²) in [6, 6.07) is 0. The minimum atomic E-state index is -0.217. The third-order valence-electron chi connectivity index (χ3n) is 3.48. The van der Waals surface area contributed by atoms with Gasteiger partial charge in [-0.25, -0.2) is 4.98 Å². The van der Waals surface area contributed by atoms with Gasteiger partial charge in [-0.05, 0) is 12.8 Å². The first kappa shape index (κ1) is 11.9. The van der Waals surface area contributed by atoms with Crippen molar-refractivity contribution in [3.63, 3.8) is 0 Å². The molecule has 0 unspecified atom stereocenters. The molecule has 2 aromatic rings. The number of hydrogen-bond donors (Lipinski definition) is 0. The van der Waals surface area contributed by atoms with Gasteiger partial charge in [-0.1, -0.05) is 0 Å². The molecule has 0 N–H and O–H groups in total. The van der Waals surface area contributed by atoms with Crippen LogP contribution in [0.5, 0.6) is 0 Å². The van der Waals surface area contributed by atoms with Crippen LogP contribution >= 0.6 is 0 Å². The van der Waals surface area contributed by atoms with Gasteiger partial charge in [0.15, 0.2) is 5.65 Å². The highest BCUT2D eigenvalue weighted by Crippen LogP contribution is 2.08. The summed E-state index contributed by atoms with van der Waals surface area (Å²) in [4.78, 5) is 30.2. The van der Waals surface area contributed by atoms with E-state index in [4.69, 9.17) is 0 Å². The van der Waals surface area contributed by atoms with Crippen molar-refractivity contribution in [1.82, 2.24) is 24.2 Å². The van der Waals surface area contributed by atoms with E-state index in [2.05, 4.69) is 10.1 Å². The van der Waals surface area contributed by atoms with E-state index >= 15 is 0 Å². The van der Waals surface area contributed by atoms with Crippen molar-refractivity contribution in [1.29, 1.82) is 0 Å². The number of nitrogens with zero attached hydrogens (tertiary/aromatic N) is 5. The number of fused-ring (bicyclic) bond motifs is 1. The Morgan fingerprint density at radius 1 is 1.37 bits per heavy atom. The number of rotatable bonds is 2. The van der Waals surface area contributed by atoms with Crippen LogP contribution in [0.15, 0.2) is 17.3 Å². The number of carbonyl (C=O) groups is 1. The van der Waals surface area contributed by atoms with Gasteiger partial charge in [-0.3, -0.25) is 18.8 Å². The van der Waals surface area contributed by atoms with Crippen molar-refractivity contribution in [2.45, 2.75) is 19.4 Å². The highest BCUT2D eigenvalue weighted by atomic mass is 16.2. The first-order valence-corrected chi connectivity index (χ1v) is 6.32. The molecule has 0 aromatic carbocycles. The fourth-order valence-corrected chi connectivity index (χ4v) is 2.39. The lowest BCUT2D eigenvalue weighted by Crippen LogP contribution is -2.34. The van der Waals surface area contributed by atoms with Crippen LogP contribution in [0.4, 0.5) is 0 Å². The number of hydrogen-bond acceptors (Lipinski definition) is 4. The molecule has 7 heteroatoms. The van der Waals surface area contributed by atoms with Crippen LogP contribution in [0, 0.1) is 0 Å². The van der Waals surface area contributed by atoms with Crippen LogP contribution in [0.25, 0.3) is 11.0 Å². The number of aryl methyl sites for hydroxylation is 1. The molecule has 0 saturated carbocycles. The molecule has 1 aliphatic heterocycles. The highest BCUT2D eigenvalue weighted by Gasteiger charge is 2.19. The molecule has 19 heavy (non-hydrogen) atoms. The largest absolute Gasteiger partial charge is 0.341 e. The van der Waals surface area contributed by atoms with Gasteiger partial charge in [-0.2, -0.15) is 5.10 Å². The molecule has 0 aliphatic carbocycles. The Hall–Kier alpha value is -2.18. The molecule has 0 radical (unpaired) electrons. The second-order valence-electron chi connectivity index (χ2n) is 4.77. The Kier molecular flexibility index (Phi) is 2.81. The number of aromatic nitrogens is 4. The van der Waals surface area contributed by atoms with Crippen molar-refractivity contribution in [3.8, 4) is 0 Å². The lowest BCUT2D eigenvalue weighted by Gasteiger charge is -2.15. The van der Waals surface area contributed by atoms with Crippen LogP contribution in [0.2, 0.25) is 0 Å². The highest BCUT2D eigenvalue weighted by molar-refractivity contribution is 5.77. The van der Waals surface area contributed by atoms with Gasteiger partial charge >= 0.3 is 0 Å².